The van der Waals surface area contributed by atoms with Crippen molar-refractivity contribution in [2.24, 2.45) is 0 Å². The fourth-order valence-corrected chi connectivity index (χ4v) is 4.10. The predicted octanol–water partition coefficient (Wildman–Crippen LogP) is 0.0973. The Morgan fingerprint density at radius 3 is 2.84 bits per heavy atom. The van der Waals surface area contributed by atoms with Crippen molar-refractivity contribution in [3.05, 3.63) is 0 Å². The lowest BCUT2D eigenvalue weighted by Crippen LogP contribution is -2.40. The summed E-state index contributed by atoms with van der Waals surface area (Å²) >= 11 is 0. The number of hydrogen-bond donors (Lipinski definition) is 1. The fourth-order valence-electron chi connectivity index (χ4n) is 2.46. The molecule has 19 heavy (non-hydrogen) atoms. The lowest BCUT2D eigenvalue weighted by molar-refractivity contribution is -0.130. The summed E-state index contributed by atoms with van der Waals surface area (Å²) in [5.74, 6) is 0.189. The van der Waals surface area contributed by atoms with Gasteiger partial charge in [-0.2, -0.15) is 0 Å². The first-order chi connectivity index (χ1) is 9.09. The number of amides is 1. The molecule has 0 radical (unpaired) electrons. The molecule has 1 atom stereocenters. The third kappa shape index (κ3) is 4.15. The number of ether oxygens (including phenoxy) is 1. The summed E-state index contributed by atoms with van der Waals surface area (Å²) in [6, 6.07) is 0. The van der Waals surface area contributed by atoms with Crippen LogP contribution in [0.25, 0.3) is 0 Å². The lowest BCUT2D eigenvalue weighted by atomic mass is 10.2. The zero-order chi connectivity index (χ0) is 13.7. The number of carbonyl (C=O) groups is 1. The molecule has 0 bridgehead atoms. The van der Waals surface area contributed by atoms with E-state index in [1.54, 1.807) is 0 Å². The molecule has 0 saturated carbocycles. The van der Waals surface area contributed by atoms with Crippen LogP contribution in [0.1, 0.15) is 32.1 Å². The maximum absolute atomic E-state index is 11.7. The number of hydrogen-bond acceptors (Lipinski definition) is 4. The molecule has 0 aromatic rings. The molecule has 0 spiro atoms. The molecular weight excluding hydrogens is 268 g/mol. The van der Waals surface area contributed by atoms with Crippen LogP contribution in [0.3, 0.4) is 0 Å². The van der Waals surface area contributed by atoms with Gasteiger partial charge in [0.25, 0.3) is 0 Å². The molecule has 2 rings (SSSR count). The summed E-state index contributed by atoms with van der Waals surface area (Å²) in [6.07, 6.45) is 3.75. The Bertz CT molecular complexity index is 404. The average Bonchev–Trinajstić information content (AvgIpc) is 2.89. The van der Waals surface area contributed by atoms with E-state index in [1.165, 1.54) is 4.31 Å². The lowest BCUT2D eigenvalue weighted by Gasteiger charge is -2.26. The molecule has 1 unspecified atom stereocenters. The Balaban J connectivity index is 1.64. The van der Waals surface area contributed by atoms with E-state index in [9.17, 15) is 13.2 Å². The molecule has 2 aliphatic heterocycles. The van der Waals surface area contributed by atoms with E-state index in [-0.39, 0.29) is 17.8 Å². The number of rotatable bonds is 5. The first-order valence-electron chi connectivity index (χ1n) is 6.97. The van der Waals surface area contributed by atoms with Gasteiger partial charge in [0.1, 0.15) is 6.10 Å². The van der Waals surface area contributed by atoms with Gasteiger partial charge in [-0.15, -0.1) is 0 Å². The van der Waals surface area contributed by atoms with Gasteiger partial charge in [-0.05, 0) is 32.1 Å². The fraction of sp³-hybridized carbons (Fsp3) is 0.917. The van der Waals surface area contributed by atoms with E-state index >= 15 is 0 Å². The van der Waals surface area contributed by atoms with Gasteiger partial charge in [-0.1, -0.05) is 0 Å². The molecule has 0 aromatic carbocycles. The molecule has 1 amide bonds. The monoisotopic (exact) mass is 290 g/mol. The average molecular weight is 290 g/mol. The molecular formula is C12H22N2O4S. The highest BCUT2D eigenvalue weighted by molar-refractivity contribution is 7.89. The molecule has 2 saturated heterocycles. The second-order valence-electron chi connectivity index (χ2n) is 5.07. The van der Waals surface area contributed by atoms with Gasteiger partial charge < -0.3 is 10.1 Å². The molecule has 0 aromatic heterocycles. The van der Waals surface area contributed by atoms with Crippen molar-refractivity contribution in [2.75, 3.05) is 32.0 Å². The maximum Gasteiger partial charge on any atom is 0.249 e. The third-order valence-electron chi connectivity index (χ3n) is 3.56. The second-order valence-corrected chi connectivity index (χ2v) is 7.16. The van der Waals surface area contributed by atoms with Crippen LogP contribution >= 0.6 is 0 Å². The largest absolute Gasteiger partial charge is 0.368 e. The minimum atomic E-state index is -3.04. The van der Waals surface area contributed by atoms with E-state index in [1.807, 2.05) is 0 Å². The SMILES string of the molecule is O=C(NCCCN1CCCCS1(=O)=O)C1CCCO1. The number of nitrogens with one attached hydrogen (secondary N) is 1. The van der Waals surface area contributed by atoms with Crippen molar-refractivity contribution in [1.29, 1.82) is 0 Å². The summed E-state index contributed by atoms with van der Waals surface area (Å²) in [5.41, 5.74) is 0. The summed E-state index contributed by atoms with van der Waals surface area (Å²) in [4.78, 5) is 11.7. The maximum atomic E-state index is 11.7. The van der Waals surface area contributed by atoms with Crippen molar-refractivity contribution in [2.45, 2.75) is 38.2 Å². The number of sulfonamides is 1. The zero-order valence-corrected chi connectivity index (χ0v) is 12.0. The molecule has 2 aliphatic rings. The van der Waals surface area contributed by atoms with Gasteiger partial charge >= 0.3 is 0 Å². The highest BCUT2D eigenvalue weighted by Gasteiger charge is 2.25. The molecule has 2 fully saturated rings. The van der Waals surface area contributed by atoms with Gasteiger partial charge in [0.05, 0.1) is 5.75 Å². The minimum absolute atomic E-state index is 0.0704. The van der Waals surface area contributed by atoms with Gasteiger partial charge in [0.15, 0.2) is 0 Å². The van der Waals surface area contributed by atoms with E-state index < -0.39 is 10.0 Å². The number of nitrogens with zero attached hydrogens (tertiary/aromatic N) is 1. The van der Waals surface area contributed by atoms with Crippen LogP contribution < -0.4 is 5.32 Å². The first-order valence-corrected chi connectivity index (χ1v) is 8.58. The Morgan fingerprint density at radius 1 is 1.32 bits per heavy atom. The van der Waals surface area contributed by atoms with Crippen molar-refractivity contribution < 1.29 is 17.9 Å². The quantitative estimate of drug-likeness (QED) is 0.729. The summed E-state index contributed by atoms with van der Waals surface area (Å²) in [5, 5.41) is 2.81. The summed E-state index contributed by atoms with van der Waals surface area (Å²) in [7, 11) is -3.04. The van der Waals surface area contributed by atoms with Gasteiger partial charge in [0.2, 0.25) is 15.9 Å². The summed E-state index contributed by atoms with van der Waals surface area (Å²) in [6.45, 7) is 2.27. The van der Waals surface area contributed by atoms with Crippen molar-refractivity contribution in [1.82, 2.24) is 9.62 Å². The van der Waals surface area contributed by atoms with E-state index in [0.717, 1.165) is 25.7 Å². The van der Waals surface area contributed by atoms with Crippen LogP contribution in [-0.2, 0) is 19.6 Å². The Hall–Kier alpha value is -0.660. The third-order valence-corrected chi connectivity index (χ3v) is 5.52. The van der Waals surface area contributed by atoms with E-state index in [4.69, 9.17) is 4.74 Å². The Kier molecular flexibility index (Phi) is 5.18. The Morgan fingerprint density at radius 2 is 2.16 bits per heavy atom. The Labute approximate surface area is 114 Å². The molecule has 110 valence electrons. The van der Waals surface area contributed by atoms with Gasteiger partial charge in [-0.25, -0.2) is 12.7 Å². The van der Waals surface area contributed by atoms with Crippen LogP contribution in [0, 0.1) is 0 Å². The van der Waals surface area contributed by atoms with Crippen LogP contribution in [0.5, 0.6) is 0 Å². The van der Waals surface area contributed by atoms with Crippen LogP contribution in [0.2, 0.25) is 0 Å². The van der Waals surface area contributed by atoms with Crippen LogP contribution in [0.15, 0.2) is 0 Å². The highest BCUT2D eigenvalue weighted by atomic mass is 32.2. The van der Waals surface area contributed by atoms with Crippen LogP contribution in [-0.4, -0.2) is 56.7 Å². The van der Waals surface area contributed by atoms with Crippen molar-refractivity contribution >= 4 is 15.9 Å². The van der Waals surface area contributed by atoms with Crippen LogP contribution in [0.4, 0.5) is 0 Å². The minimum Gasteiger partial charge on any atom is -0.368 e. The predicted molar refractivity (Wildman–Crippen MR) is 71.2 cm³/mol. The van der Waals surface area contributed by atoms with Gasteiger partial charge in [0, 0.05) is 26.2 Å². The second kappa shape index (κ2) is 6.67. The molecule has 6 nitrogen and oxygen atoms in total. The molecule has 1 N–H and O–H groups in total. The first kappa shape index (κ1) is 14.7. The molecule has 0 aliphatic carbocycles. The van der Waals surface area contributed by atoms with E-state index in [2.05, 4.69) is 5.32 Å². The van der Waals surface area contributed by atoms with Gasteiger partial charge in [-0.3, -0.25) is 4.79 Å². The molecule has 2 heterocycles. The highest BCUT2D eigenvalue weighted by Crippen LogP contribution is 2.14. The van der Waals surface area contributed by atoms with Crippen molar-refractivity contribution in [3.63, 3.8) is 0 Å². The normalized spacial score (nSPS) is 27.3. The molecule has 7 heteroatoms. The number of carbonyl (C=O) groups excluding carboxylic acids is 1. The zero-order valence-electron chi connectivity index (χ0n) is 11.1. The smallest absolute Gasteiger partial charge is 0.249 e. The standard InChI is InChI=1S/C12H22N2O4S/c15-12(11-5-3-9-18-11)13-6-4-8-14-7-1-2-10-19(14,16)17/h11H,1-10H2,(H,13,15). The topological polar surface area (TPSA) is 75.7 Å². The van der Waals surface area contributed by atoms with E-state index in [0.29, 0.717) is 32.7 Å². The summed E-state index contributed by atoms with van der Waals surface area (Å²) < 4.78 is 30.3. The van der Waals surface area contributed by atoms with Crippen molar-refractivity contribution in [3.8, 4) is 0 Å².